The van der Waals surface area contributed by atoms with Crippen LogP contribution in [-0.4, -0.2) is 36.6 Å². The molecule has 0 aliphatic rings. The quantitative estimate of drug-likeness (QED) is 0.294. The molecule has 0 fully saturated rings. The van der Waals surface area contributed by atoms with E-state index in [2.05, 4.69) is 5.32 Å². The third-order valence-corrected chi connectivity index (χ3v) is 3.75. The van der Waals surface area contributed by atoms with Crippen molar-refractivity contribution in [3.63, 3.8) is 0 Å². The van der Waals surface area contributed by atoms with Crippen LogP contribution in [0.15, 0.2) is 42.5 Å². The van der Waals surface area contributed by atoms with Crippen LogP contribution in [0.2, 0.25) is 5.02 Å². The number of ether oxygens (including phenoxy) is 2. The summed E-state index contributed by atoms with van der Waals surface area (Å²) in [6.07, 6.45) is 0.403. The Labute approximate surface area is 164 Å². The van der Waals surface area contributed by atoms with Gasteiger partial charge in [0.05, 0.1) is 18.1 Å². The summed E-state index contributed by atoms with van der Waals surface area (Å²) in [5.74, 6) is -1.21. The van der Waals surface area contributed by atoms with Crippen molar-refractivity contribution in [3.8, 4) is 5.75 Å². The number of nitro groups is 1. The highest BCUT2D eigenvalue weighted by Crippen LogP contribution is 2.24. The first-order chi connectivity index (χ1) is 13.4. The third kappa shape index (κ3) is 6.51. The summed E-state index contributed by atoms with van der Waals surface area (Å²) >= 11 is 5.68. The van der Waals surface area contributed by atoms with Gasteiger partial charge in [0.15, 0.2) is 0 Å². The second-order valence-electron chi connectivity index (χ2n) is 5.48. The van der Waals surface area contributed by atoms with Gasteiger partial charge in [-0.1, -0.05) is 11.6 Å². The summed E-state index contributed by atoms with van der Waals surface area (Å²) in [6, 6.07) is 9.07. The van der Waals surface area contributed by atoms with Gasteiger partial charge in [0.2, 0.25) is 0 Å². The third-order valence-electron chi connectivity index (χ3n) is 3.43. The maximum Gasteiger partial charge on any atom is 0.325 e. The van der Waals surface area contributed by atoms with Crippen molar-refractivity contribution >= 4 is 29.2 Å². The highest BCUT2D eigenvalue weighted by atomic mass is 35.5. The first-order valence-electron chi connectivity index (χ1n) is 8.13. The number of carbonyl (C=O) groups is 2. The molecule has 0 unspecified atom stereocenters. The van der Waals surface area contributed by atoms with E-state index in [9.17, 15) is 24.1 Å². The van der Waals surface area contributed by atoms with Gasteiger partial charge in [0, 0.05) is 18.1 Å². The van der Waals surface area contributed by atoms with Crippen LogP contribution in [0.3, 0.4) is 0 Å². The Bertz CT molecular complexity index is 860. The molecule has 0 aliphatic heterocycles. The number of nitro benzene ring substituents is 1. The van der Waals surface area contributed by atoms with E-state index in [0.29, 0.717) is 12.2 Å². The molecule has 2 rings (SSSR count). The Hall–Kier alpha value is -3.20. The molecule has 28 heavy (non-hydrogen) atoms. The molecule has 1 N–H and O–H groups in total. The average Bonchev–Trinajstić information content (AvgIpc) is 2.67. The highest BCUT2D eigenvalue weighted by molar-refractivity contribution is 6.32. The number of nitrogens with zero attached hydrogens (tertiary/aromatic N) is 1. The summed E-state index contributed by atoms with van der Waals surface area (Å²) in [5, 5.41) is 13.0. The molecule has 0 radical (unpaired) electrons. The van der Waals surface area contributed by atoms with Crippen molar-refractivity contribution in [2.24, 2.45) is 0 Å². The van der Waals surface area contributed by atoms with Crippen LogP contribution in [-0.2, 0) is 9.53 Å². The number of halogens is 2. The molecule has 0 aromatic heterocycles. The number of carbonyl (C=O) groups excluding carboxylic acids is 2. The lowest BCUT2D eigenvalue weighted by Gasteiger charge is -2.08. The van der Waals surface area contributed by atoms with E-state index in [4.69, 9.17) is 21.1 Å². The SMILES string of the molecule is O=C(CNC(=O)c1ccc(Cl)c([N+](=O)[O-])c1)OCCCOc1ccc(F)cc1. The molecule has 0 saturated heterocycles. The molecule has 148 valence electrons. The lowest BCUT2D eigenvalue weighted by Crippen LogP contribution is -2.30. The molecule has 10 heteroatoms. The first-order valence-corrected chi connectivity index (χ1v) is 8.51. The Morgan fingerprint density at radius 2 is 1.86 bits per heavy atom. The molecule has 8 nitrogen and oxygen atoms in total. The Morgan fingerprint density at radius 1 is 1.14 bits per heavy atom. The van der Waals surface area contributed by atoms with Gasteiger partial charge in [-0.2, -0.15) is 0 Å². The van der Waals surface area contributed by atoms with Crippen molar-refractivity contribution in [2.45, 2.75) is 6.42 Å². The standard InChI is InChI=1S/C18H16ClFN2O6/c19-15-7-2-12(10-16(15)22(25)26)18(24)21-11-17(23)28-9-1-8-27-14-5-3-13(20)4-6-14/h2-7,10H,1,8-9,11H2,(H,21,24). The second-order valence-corrected chi connectivity index (χ2v) is 5.89. The van der Waals surface area contributed by atoms with Gasteiger partial charge in [-0.05, 0) is 36.4 Å². The largest absolute Gasteiger partial charge is 0.493 e. The summed E-state index contributed by atoms with van der Waals surface area (Å²) in [7, 11) is 0. The van der Waals surface area contributed by atoms with Gasteiger partial charge < -0.3 is 14.8 Å². The van der Waals surface area contributed by atoms with Crippen molar-refractivity contribution < 1.29 is 28.4 Å². The topological polar surface area (TPSA) is 108 Å². The zero-order chi connectivity index (χ0) is 20.5. The highest BCUT2D eigenvalue weighted by Gasteiger charge is 2.16. The first kappa shape index (κ1) is 21.1. The van der Waals surface area contributed by atoms with E-state index in [1.54, 1.807) is 0 Å². The number of hydrogen-bond donors (Lipinski definition) is 1. The molecule has 1 amide bonds. The molecule has 0 bridgehead atoms. The van der Waals surface area contributed by atoms with Gasteiger partial charge in [-0.25, -0.2) is 4.39 Å². The summed E-state index contributed by atoms with van der Waals surface area (Å²) in [4.78, 5) is 33.7. The molecule has 2 aromatic rings. The van der Waals surface area contributed by atoms with E-state index in [1.165, 1.54) is 36.4 Å². The van der Waals surface area contributed by atoms with Gasteiger partial charge in [0.1, 0.15) is 23.1 Å². The van der Waals surface area contributed by atoms with Gasteiger partial charge in [-0.15, -0.1) is 0 Å². The van der Waals surface area contributed by atoms with E-state index < -0.39 is 29.0 Å². The predicted molar refractivity (Wildman–Crippen MR) is 97.9 cm³/mol. The fourth-order valence-electron chi connectivity index (χ4n) is 2.07. The van der Waals surface area contributed by atoms with E-state index in [0.717, 1.165) is 6.07 Å². The number of rotatable bonds is 9. The second kappa shape index (κ2) is 10.2. The molecule has 0 spiro atoms. The molecular weight excluding hydrogens is 395 g/mol. The van der Waals surface area contributed by atoms with Crippen LogP contribution in [0.4, 0.5) is 10.1 Å². The van der Waals surface area contributed by atoms with Crippen molar-refractivity contribution in [3.05, 3.63) is 69.0 Å². The van der Waals surface area contributed by atoms with Crippen LogP contribution in [0.25, 0.3) is 0 Å². The smallest absolute Gasteiger partial charge is 0.325 e. The maximum atomic E-state index is 12.8. The summed E-state index contributed by atoms with van der Waals surface area (Å²) in [6.45, 7) is -0.0594. The van der Waals surface area contributed by atoms with Gasteiger partial charge >= 0.3 is 5.97 Å². The van der Waals surface area contributed by atoms with Crippen LogP contribution >= 0.6 is 11.6 Å². The van der Waals surface area contributed by atoms with Crippen LogP contribution in [0, 0.1) is 15.9 Å². The molecule has 0 aliphatic carbocycles. The van der Waals surface area contributed by atoms with E-state index in [-0.39, 0.29) is 29.6 Å². The average molecular weight is 411 g/mol. The van der Waals surface area contributed by atoms with Crippen LogP contribution in [0.1, 0.15) is 16.8 Å². The predicted octanol–water partition coefficient (Wildman–Crippen LogP) is 3.13. The molecule has 0 heterocycles. The van der Waals surface area contributed by atoms with Gasteiger partial charge in [0.25, 0.3) is 11.6 Å². The minimum Gasteiger partial charge on any atom is -0.493 e. The zero-order valence-electron chi connectivity index (χ0n) is 14.5. The number of amides is 1. The van der Waals surface area contributed by atoms with Crippen LogP contribution < -0.4 is 10.1 Å². The number of benzene rings is 2. The number of hydrogen-bond acceptors (Lipinski definition) is 6. The normalized spacial score (nSPS) is 10.2. The minimum absolute atomic E-state index is 0.00315. The number of nitrogens with one attached hydrogen (secondary N) is 1. The zero-order valence-corrected chi connectivity index (χ0v) is 15.3. The van der Waals surface area contributed by atoms with Crippen molar-refractivity contribution in [1.29, 1.82) is 0 Å². The fourth-order valence-corrected chi connectivity index (χ4v) is 2.25. The van der Waals surface area contributed by atoms with Gasteiger partial charge in [-0.3, -0.25) is 19.7 Å². The molecule has 0 saturated carbocycles. The van der Waals surface area contributed by atoms with E-state index in [1.807, 2.05) is 0 Å². The molecule has 2 aromatic carbocycles. The van der Waals surface area contributed by atoms with Crippen LogP contribution in [0.5, 0.6) is 5.75 Å². The molecule has 0 atom stereocenters. The van der Waals surface area contributed by atoms with Crippen molar-refractivity contribution in [1.82, 2.24) is 5.32 Å². The number of esters is 1. The van der Waals surface area contributed by atoms with E-state index >= 15 is 0 Å². The maximum absolute atomic E-state index is 12.8. The lowest BCUT2D eigenvalue weighted by molar-refractivity contribution is -0.384. The van der Waals surface area contributed by atoms with Crippen molar-refractivity contribution in [2.75, 3.05) is 19.8 Å². The minimum atomic E-state index is -0.707. The lowest BCUT2D eigenvalue weighted by atomic mass is 10.2. The summed E-state index contributed by atoms with van der Waals surface area (Å²) < 4.78 is 23.0. The Balaban J connectivity index is 1.68. The summed E-state index contributed by atoms with van der Waals surface area (Å²) in [5.41, 5.74) is -0.408. The Morgan fingerprint density at radius 3 is 2.54 bits per heavy atom. The Kier molecular flexibility index (Phi) is 7.70. The fraction of sp³-hybridized carbons (Fsp3) is 0.222. The monoisotopic (exact) mass is 410 g/mol. The molecular formula is C18H16ClFN2O6.